The van der Waals surface area contributed by atoms with Crippen LogP contribution >= 0.6 is 8.25 Å². The van der Waals surface area contributed by atoms with E-state index in [1.807, 2.05) is 6.07 Å². The fraction of sp³-hybridized carbons (Fsp3) is 0.421. The van der Waals surface area contributed by atoms with Crippen molar-refractivity contribution < 1.29 is 33.3 Å². The number of imidazole rings is 1. The maximum atomic E-state index is 11.3. The molecule has 4 N–H and O–H groups in total. The molecule has 13 heteroatoms. The summed E-state index contributed by atoms with van der Waals surface area (Å²) < 4.78 is 34.3. The van der Waals surface area contributed by atoms with Crippen LogP contribution in [-0.2, 0) is 21.2 Å². The van der Waals surface area contributed by atoms with Gasteiger partial charge in [-0.15, -0.1) is 9.42 Å². The van der Waals surface area contributed by atoms with Gasteiger partial charge in [0.2, 0.25) is 0 Å². The van der Waals surface area contributed by atoms with Gasteiger partial charge in [0, 0.05) is 4.57 Å². The molecule has 0 spiro atoms. The van der Waals surface area contributed by atoms with Gasteiger partial charge in [0.15, 0.2) is 17.0 Å². The monoisotopic (exact) mass is 466 g/mol. The Labute approximate surface area is 184 Å². The van der Waals surface area contributed by atoms with E-state index in [1.165, 1.54) is 14.2 Å². The van der Waals surface area contributed by atoms with Crippen molar-refractivity contribution >= 4 is 25.2 Å². The fourth-order valence-corrected chi connectivity index (χ4v) is 3.62. The van der Waals surface area contributed by atoms with Crippen LogP contribution in [0, 0.1) is 0 Å². The molecule has 12 nitrogen and oxygen atoms in total. The number of ether oxygens (including phenoxy) is 3. The van der Waals surface area contributed by atoms with Crippen LogP contribution in [0.5, 0.6) is 17.8 Å². The van der Waals surface area contributed by atoms with Gasteiger partial charge in [-0.05, 0) is 37.1 Å². The van der Waals surface area contributed by atoms with E-state index in [2.05, 4.69) is 15.0 Å². The summed E-state index contributed by atoms with van der Waals surface area (Å²) in [6, 6.07) is 5.60. The number of hydrogen-bond donors (Lipinski definition) is 3. The third-order valence-corrected chi connectivity index (χ3v) is 5.23. The highest BCUT2D eigenvalue weighted by Crippen LogP contribution is 2.36. The SMILES string of the molecule is COc1cc(Cn2c(OC)nc3c(N)nc(OCCO)nc32)cc(C(C)(C)O[P+](=O)O)c1. The molecule has 1 atom stereocenters. The number of nitrogens with two attached hydrogens (primary N) is 1. The minimum absolute atomic E-state index is 0.000431. The maximum absolute atomic E-state index is 11.3. The van der Waals surface area contributed by atoms with E-state index in [0.717, 1.165) is 5.56 Å². The second kappa shape index (κ2) is 9.61. The topological polar surface area (TPSA) is 164 Å². The van der Waals surface area contributed by atoms with Gasteiger partial charge >= 0.3 is 14.3 Å². The van der Waals surface area contributed by atoms with Crippen molar-refractivity contribution in [1.82, 2.24) is 19.5 Å². The van der Waals surface area contributed by atoms with Gasteiger partial charge in [0.05, 0.1) is 27.4 Å². The summed E-state index contributed by atoms with van der Waals surface area (Å²) in [5.74, 6) is 0.638. The van der Waals surface area contributed by atoms with Gasteiger partial charge in [0.25, 0.3) is 6.01 Å². The van der Waals surface area contributed by atoms with Gasteiger partial charge in [-0.3, -0.25) is 4.57 Å². The Morgan fingerprint density at radius 1 is 1.16 bits per heavy atom. The first-order valence-electron chi connectivity index (χ1n) is 9.53. The van der Waals surface area contributed by atoms with Gasteiger partial charge in [0.1, 0.15) is 18.0 Å². The Morgan fingerprint density at radius 3 is 2.53 bits per heavy atom. The van der Waals surface area contributed by atoms with E-state index >= 15 is 0 Å². The molecule has 1 aromatic carbocycles. The van der Waals surface area contributed by atoms with Crippen LogP contribution in [0.4, 0.5) is 5.82 Å². The van der Waals surface area contributed by atoms with Crippen molar-refractivity contribution in [3.63, 3.8) is 0 Å². The molecule has 0 saturated heterocycles. The van der Waals surface area contributed by atoms with Crippen molar-refractivity contribution in [2.75, 3.05) is 33.2 Å². The van der Waals surface area contributed by atoms with E-state index in [1.54, 1.807) is 30.5 Å². The van der Waals surface area contributed by atoms with Crippen molar-refractivity contribution in [3.05, 3.63) is 29.3 Å². The Kier molecular flexibility index (Phi) is 7.09. The lowest BCUT2D eigenvalue weighted by molar-refractivity contribution is 0.102. The number of methoxy groups -OCH3 is 2. The number of aliphatic hydroxyl groups excluding tert-OH is 1. The molecule has 0 bridgehead atoms. The van der Waals surface area contributed by atoms with Crippen molar-refractivity contribution in [3.8, 4) is 17.8 Å². The number of benzene rings is 1. The molecule has 3 rings (SSSR count). The lowest BCUT2D eigenvalue weighted by atomic mass is 9.96. The number of rotatable bonds is 10. The lowest BCUT2D eigenvalue weighted by Gasteiger charge is -2.20. The van der Waals surface area contributed by atoms with Crippen LogP contribution in [0.15, 0.2) is 18.2 Å². The Balaban J connectivity index is 2.09. The molecule has 0 aliphatic carbocycles. The van der Waals surface area contributed by atoms with E-state index in [-0.39, 0.29) is 37.6 Å². The van der Waals surface area contributed by atoms with E-state index in [9.17, 15) is 9.46 Å². The number of nitrogens with zero attached hydrogens (tertiary/aromatic N) is 4. The minimum Gasteiger partial charge on any atom is -0.497 e. The summed E-state index contributed by atoms with van der Waals surface area (Å²) >= 11 is 0. The van der Waals surface area contributed by atoms with E-state index < -0.39 is 13.9 Å². The maximum Gasteiger partial charge on any atom is 0.695 e. The van der Waals surface area contributed by atoms with Gasteiger partial charge in [-0.2, -0.15) is 15.0 Å². The van der Waals surface area contributed by atoms with Crippen LogP contribution in [0.3, 0.4) is 0 Å². The third-order valence-electron chi connectivity index (χ3n) is 4.62. The summed E-state index contributed by atoms with van der Waals surface area (Å²) in [6.07, 6.45) is 0. The largest absolute Gasteiger partial charge is 0.695 e. The van der Waals surface area contributed by atoms with E-state index in [4.69, 9.17) is 29.6 Å². The van der Waals surface area contributed by atoms with Crippen molar-refractivity contribution in [1.29, 1.82) is 0 Å². The first-order valence-corrected chi connectivity index (χ1v) is 10.7. The third kappa shape index (κ3) is 5.05. The highest BCUT2D eigenvalue weighted by atomic mass is 31.1. The molecule has 0 aliphatic heterocycles. The summed E-state index contributed by atoms with van der Waals surface area (Å²) in [6.45, 7) is 3.42. The molecule has 2 heterocycles. The molecule has 0 amide bonds. The van der Waals surface area contributed by atoms with Crippen LogP contribution in [-0.4, -0.2) is 57.0 Å². The Morgan fingerprint density at radius 2 is 1.91 bits per heavy atom. The van der Waals surface area contributed by atoms with Crippen LogP contribution in [0.1, 0.15) is 25.0 Å². The molecular weight excluding hydrogens is 441 g/mol. The summed E-state index contributed by atoms with van der Waals surface area (Å²) in [7, 11) is 0.183. The molecular formula is C19H25N5O7P+. The van der Waals surface area contributed by atoms with Crippen LogP contribution in [0.2, 0.25) is 0 Å². The molecule has 2 aromatic heterocycles. The second-order valence-corrected chi connectivity index (χ2v) is 7.89. The highest BCUT2D eigenvalue weighted by molar-refractivity contribution is 7.32. The average molecular weight is 466 g/mol. The minimum atomic E-state index is -2.81. The van der Waals surface area contributed by atoms with Gasteiger partial charge < -0.3 is 25.1 Å². The molecule has 3 aromatic rings. The Bertz CT molecular complexity index is 1130. The number of anilines is 1. The standard InChI is InChI=1S/C19H24N5O7P/c1-19(2,31-32(26)27)12-7-11(8-13(9-12)28-3)10-24-16-14(21-18(24)29-4)15(20)22-17(23-16)30-6-5-25/h7-9,25H,5-6,10H2,1-4H3,(H2-,20,22,23,26,27)/p+1. The predicted molar refractivity (Wildman–Crippen MR) is 115 cm³/mol. The number of fused-ring (bicyclic) bond motifs is 1. The van der Waals surface area contributed by atoms with Crippen molar-refractivity contribution in [2.45, 2.75) is 26.0 Å². The summed E-state index contributed by atoms with van der Waals surface area (Å²) in [5, 5.41) is 8.99. The number of nitrogen functional groups attached to an aromatic ring is 1. The molecule has 0 saturated carbocycles. The smallest absolute Gasteiger partial charge is 0.497 e. The van der Waals surface area contributed by atoms with Gasteiger partial charge in [-0.1, -0.05) is 6.07 Å². The Hall–Kier alpha value is -3.05. The number of aliphatic hydroxyl groups is 1. The molecule has 172 valence electrons. The second-order valence-electron chi connectivity index (χ2n) is 7.23. The molecule has 0 radical (unpaired) electrons. The molecule has 32 heavy (non-hydrogen) atoms. The zero-order chi connectivity index (χ0) is 23.5. The predicted octanol–water partition coefficient (Wildman–Crippen LogP) is 1.75. The fourth-order valence-electron chi connectivity index (χ4n) is 3.13. The molecule has 0 fully saturated rings. The quantitative estimate of drug-likeness (QED) is 0.373. The average Bonchev–Trinajstić information content (AvgIpc) is 3.09. The summed E-state index contributed by atoms with van der Waals surface area (Å²) in [4.78, 5) is 22.0. The van der Waals surface area contributed by atoms with Crippen LogP contribution < -0.4 is 19.9 Å². The molecule has 1 unspecified atom stereocenters. The zero-order valence-corrected chi connectivity index (χ0v) is 19.0. The van der Waals surface area contributed by atoms with Crippen LogP contribution in [0.25, 0.3) is 11.2 Å². The summed E-state index contributed by atoms with van der Waals surface area (Å²) in [5.41, 5.74) is 7.07. The number of hydrogen-bond acceptors (Lipinski definition) is 10. The van der Waals surface area contributed by atoms with Gasteiger partial charge in [-0.25, -0.2) is 0 Å². The zero-order valence-electron chi connectivity index (χ0n) is 18.1. The first-order chi connectivity index (χ1) is 15.2. The highest BCUT2D eigenvalue weighted by Gasteiger charge is 2.33. The normalized spacial score (nSPS) is 12.1. The van der Waals surface area contributed by atoms with E-state index in [0.29, 0.717) is 22.5 Å². The number of aromatic nitrogens is 4. The lowest BCUT2D eigenvalue weighted by Crippen LogP contribution is -2.19. The molecule has 0 aliphatic rings. The van der Waals surface area contributed by atoms with Crippen molar-refractivity contribution in [2.24, 2.45) is 0 Å². The first kappa shape index (κ1) is 23.6.